The van der Waals surface area contributed by atoms with Crippen LogP contribution in [0.3, 0.4) is 0 Å². The van der Waals surface area contributed by atoms with Gasteiger partial charge in [0.05, 0.1) is 25.6 Å². The number of ketones is 2. The molecule has 2 radical (unpaired) electrons. The fourth-order valence-corrected chi connectivity index (χ4v) is 5.98. The zero-order chi connectivity index (χ0) is 58.7. The first kappa shape index (κ1) is 71.8. The number of nitrogens with zero attached hydrogens (tertiary/aromatic N) is 4. The largest absolute Gasteiger partial charge is 3.00 e. The average Bonchev–Trinajstić information content (AvgIpc) is 3.49. The van der Waals surface area contributed by atoms with E-state index < -0.39 is 0 Å². The van der Waals surface area contributed by atoms with Crippen LogP contribution >= 0.6 is 0 Å². The minimum Gasteiger partial charge on any atom is -0.872 e. The number of hydrogen-bond acceptors (Lipinski definition) is 14. The maximum Gasteiger partial charge on any atom is 3.00 e. The van der Waals surface area contributed by atoms with Crippen LogP contribution in [0.1, 0.15) is 43.0 Å². The van der Waals surface area contributed by atoms with Gasteiger partial charge in [-0.15, -0.1) is 0 Å². The number of ether oxygens (including phenoxy) is 2. The normalized spacial score (nSPS) is 10.2. The third kappa shape index (κ3) is 26.8. The van der Waals surface area contributed by atoms with E-state index in [9.17, 15) is 49.8 Å². The summed E-state index contributed by atoms with van der Waals surface area (Å²) < 4.78 is 9.85. The number of methoxy groups -OCH3 is 2. The predicted molar refractivity (Wildman–Crippen MR) is 301 cm³/mol. The van der Waals surface area contributed by atoms with Crippen molar-refractivity contribution in [2.75, 3.05) is 42.4 Å². The summed E-state index contributed by atoms with van der Waals surface area (Å²) in [6.45, 7) is 0. The molecule has 426 valence electrons. The molecule has 0 aliphatic carbocycles. The quantitative estimate of drug-likeness (QED) is 0.0346. The van der Waals surface area contributed by atoms with Gasteiger partial charge in [-0.05, 0) is 58.7 Å². The number of hydrogen-bond donors (Lipinski definition) is 0. The Labute approximate surface area is 538 Å². The molecule has 8 aromatic carbocycles. The van der Waals surface area contributed by atoms with Crippen LogP contribution in [-0.2, 0) is 9.59 Å². The van der Waals surface area contributed by atoms with Crippen molar-refractivity contribution >= 4 is 59.7 Å². The molecule has 16 nitrogen and oxygen atoms in total. The van der Waals surface area contributed by atoms with Crippen LogP contribution in [0, 0.1) is 76.3 Å². The Bertz CT molecular complexity index is 3070. The third-order valence-electron chi connectivity index (χ3n) is 10.1. The molecule has 0 aliphatic rings. The fraction of sp³-hybridized carbons (Fsp3) is 0.0938. The Balaban J connectivity index is 0.000000513. The standard InChI is InChI=1S/2C15H12O2.2C14H13NO3.2C3H7NO.2Dy/c2*16-14(12-7-3-1-4-8-12)11-15(17)13-9-5-2-6-10-13;2*1-18-13-8-4-5-10(14(13)17)9-15-11-6-2-3-7-12(11)16;2*1-4(2)3-5;;/h2*1-11,16H;2*2-9,16-17H,1H3;2*3H,1-2H3;;/q;;;;;;2*+3/p-6/b2*14-11-;;;;;;. The average molecular weight is 1400 g/mol. The van der Waals surface area contributed by atoms with E-state index in [4.69, 9.17) is 9.47 Å². The van der Waals surface area contributed by atoms with Crippen LogP contribution in [0.5, 0.6) is 34.5 Å². The Hall–Kier alpha value is -8.19. The van der Waals surface area contributed by atoms with E-state index in [0.717, 1.165) is 25.0 Å². The molecule has 0 saturated heterocycles. The Kier molecular flexibility index (Phi) is 35.8. The van der Waals surface area contributed by atoms with Gasteiger partial charge in [-0.1, -0.05) is 217 Å². The number of carbonyl (C=O) groups excluding carboxylic acids is 4. The number of amides is 2. The summed E-state index contributed by atoms with van der Waals surface area (Å²) in [5.41, 5.74) is 3.48. The van der Waals surface area contributed by atoms with Crippen molar-refractivity contribution in [3.05, 3.63) is 252 Å². The molecule has 0 bridgehead atoms. The van der Waals surface area contributed by atoms with Crippen LogP contribution in [-0.4, -0.2) is 89.0 Å². The number of para-hydroxylation sites is 6. The number of carbonyl (C=O) groups is 4. The van der Waals surface area contributed by atoms with Crippen molar-refractivity contribution in [2.24, 2.45) is 9.98 Å². The van der Waals surface area contributed by atoms with Gasteiger partial charge < -0.3 is 49.9 Å². The SMILES string of the molecule is CN(C)C=O.CN(C)C=O.COc1cccc(C=Nc2ccccc2[O-])c1[O-].COc1cccc(C=Nc2ccccc2[O-])c1[O-].O=C(/C=C(\[O-])c1ccccc1)c1ccccc1.O=C(/C=C(\[O-])c1ccccc1)c1ccccc1.[Dy+3].[Dy+3]. The second kappa shape index (κ2) is 40.9. The molecule has 0 atom stereocenters. The van der Waals surface area contributed by atoms with Gasteiger partial charge in [0.1, 0.15) is 11.5 Å². The predicted octanol–water partition coefficient (Wildman–Crippen LogP) is 7.14. The Morgan fingerprint density at radius 3 is 0.939 bits per heavy atom. The molecule has 0 saturated carbocycles. The summed E-state index contributed by atoms with van der Waals surface area (Å²) in [6, 6.07) is 57.6. The second-order valence-corrected chi connectivity index (χ2v) is 16.6. The maximum atomic E-state index is 11.8. The summed E-state index contributed by atoms with van der Waals surface area (Å²) in [4.78, 5) is 53.3. The summed E-state index contributed by atoms with van der Waals surface area (Å²) >= 11 is 0. The van der Waals surface area contributed by atoms with Crippen LogP contribution < -0.4 is 40.1 Å². The van der Waals surface area contributed by atoms with Crippen LogP contribution in [0.2, 0.25) is 0 Å². The molecule has 0 spiro atoms. The first-order valence-corrected chi connectivity index (χ1v) is 24.1. The van der Waals surface area contributed by atoms with Gasteiger partial charge in [-0.2, -0.15) is 0 Å². The molecule has 0 fully saturated rings. The van der Waals surface area contributed by atoms with Crippen molar-refractivity contribution in [3.8, 4) is 34.5 Å². The summed E-state index contributed by atoms with van der Waals surface area (Å²) in [7, 11) is 9.62. The smallest absolute Gasteiger partial charge is 0.872 e. The minimum absolute atomic E-state index is 0. The van der Waals surface area contributed by atoms with Crippen molar-refractivity contribution in [1.29, 1.82) is 0 Å². The van der Waals surface area contributed by atoms with E-state index in [1.54, 1.807) is 198 Å². The Morgan fingerprint density at radius 2 is 0.671 bits per heavy atom. The van der Waals surface area contributed by atoms with Gasteiger partial charge >= 0.3 is 76.3 Å². The van der Waals surface area contributed by atoms with Crippen molar-refractivity contribution in [2.45, 2.75) is 0 Å². The molecule has 0 N–H and O–H groups in total. The second-order valence-electron chi connectivity index (χ2n) is 16.6. The zero-order valence-corrected chi connectivity index (χ0v) is 49.5. The minimum atomic E-state index is -0.264. The van der Waals surface area contributed by atoms with Crippen molar-refractivity contribution in [3.63, 3.8) is 0 Å². The van der Waals surface area contributed by atoms with Gasteiger partial charge in [0.15, 0.2) is 11.6 Å². The topological polar surface area (TPSA) is 256 Å². The van der Waals surface area contributed by atoms with Gasteiger partial charge in [-0.25, -0.2) is 0 Å². The molecule has 8 aromatic rings. The van der Waals surface area contributed by atoms with Crippen LogP contribution in [0.4, 0.5) is 11.4 Å². The van der Waals surface area contributed by atoms with E-state index in [1.807, 2.05) is 24.3 Å². The van der Waals surface area contributed by atoms with Gasteiger partial charge in [-0.3, -0.25) is 29.2 Å². The van der Waals surface area contributed by atoms with E-state index in [-0.39, 0.29) is 134 Å². The molecule has 2 amide bonds. The number of allylic oxidation sites excluding steroid dienone is 2. The van der Waals surface area contributed by atoms with E-state index in [2.05, 4.69) is 9.98 Å². The molecule has 82 heavy (non-hydrogen) atoms. The maximum absolute atomic E-state index is 11.8. The van der Waals surface area contributed by atoms with Gasteiger partial charge in [0, 0.05) is 51.7 Å². The monoisotopic (exact) mass is 1400 g/mol. The van der Waals surface area contributed by atoms with Crippen LogP contribution in [0.25, 0.3) is 11.5 Å². The number of aliphatic imine (C=N–C) groups is 2. The van der Waals surface area contributed by atoms with Crippen molar-refractivity contribution in [1.82, 2.24) is 9.80 Å². The first-order chi connectivity index (χ1) is 38.5. The fourth-order valence-electron chi connectivity index (χ4n) is 5.98. The summed E-state index contributed by atoms with van der Waals surface area (Å²) in [6.07, 6.45) is 6.51. The first-order valence-electron chi connectivity index (χ1n) is 24.1. The molecule has 0 aliphatic heterocycles. The van der Waals surface area contributed by atoms with E-state index >= 15 is 0 Å². The van der Waals surface area contributed by atoms with Crippen molar-refractivity contribution < 1.29 is 136 Å². The van der Waals surface area contributed by atoms with Gasteiger partial charge in [0.25, 0.3) is 0 Å². The molecule has 0 heterocycles. The molecule has 8 rings (SSSR count). The van der Waals surface area contributed by atoms with Gasteiger partial charge in [0.2, 0.25) is 12.8 Å². The number of benzene rings is 8. The molecule has 0 unspecified atom stereocenters. The van der Waals surface area contributed by atoms with E-state index in [0.29, 0.717) is 44.8 Å². The molecule has 18 heteroatoms. The number of rotatable bonds is 14. The molecular formula is C64H58Dy2N4O12. The molecule has 0 aromatic heterocycles. The van der Waals surface area contributed by atoms with E-state index in [1.165, 1.54) is 48.6 Å². The Morgan fingerprint density at radius 1 is 0.402 bits per heavy atom. The van der Waals surface area contributed by atoms with Crippen LogP contribution in [0.15, 0.2) is 228 Å². The molecular weight excluding hydrogens is 1340 g/mol. The third-order valence-corrected chi connectivity index (χ3v) is 10.1. The summed E-state index contributed by atoms with van der Waals surface area (Å²) in [5, 5.41) is 70.0. The summed E-state index contributed by atoms with van der Waals surface area (Å²) in [5.74, 6) is -1.38. The zero-order valence-electron chi connectivity index (χ0n) is 45.4.